The number of ether oxygens (including phenoxy) is 1. The summed E-state index contributed by atoms with van der Waals surface area (Å²) < 4.78 is 18.7. The minimum atomic E-state index is -0.360. The fourth-order valence-corrected chi connectivity index (χ4v) is 2.67. The third-order valence-electron chi connectivity index (χ3n) is 3.79. The number of hydrogen-bond donors (Lipinski definition) is 2. The number of carbonyl (C=O) groups excluding carboxylic acids is 1. The first-order valence-corrected chi connectivity index (χ1v) is 7.53. The van der Waals surface area contributed by atoms with Gasteiger partial charge in [0.2, 0.25) is 0 Å². The predicted molar refractivity (Wildman–Crippen MR) is 79.5 cm³/mol. The van der Waals surface area contributed by atoms with Crippen LogP contribution in [-0.4, -0.2) is 18.6 Å². The molecule has 1 aliphatic rings. The lowest BCUT2D eigenvalue weighted by Crippen LogP contribution is -2.39. The van der Waals surface area contributed by atoms with Gasteiger partial charge in [0, 0.05) is 17.6 Å². The van der Waals surface area contributed by atoms with Crippen LogP contribution in [0, 0.1) is 5.82 Å². The number of hydrogen-bond acceptors (Lipinski definition) is 3. The average molecular weight is 294 g/mol. The van der Waals surface area contributed by atoms with Crippen LogP contribution >= 0.6 is 0 Å². The molecule has 21 heavy (non-hydrogen) atoms. The Morgan fingerprint density at radius 1 is 1.43 bits per heavy atom. The Hall–Kier alpha value is -1.62. The molecule has 0 spiro atoms. The largest absolute Gasteiger partial charge is 0.483 e. The van der Waals surface area contributed by atoms with Crippen molar-refractivity contribution in [2.45, 2.75) is 51.1 Å². The lowest BCUT2D eigenvalue weighted by Gasteiger charge is -2.23. The number of benzene rings is 1. The second-order valence-corrected chi connectivity index (χ2v) is 5.66. The van der Waals surface area contributed by atoms with Gasteiger partial charge in [-0.2, -0.15) is 0 Å². The number of nitrogens with two attached hydrogens (primary N) is 1. The summed E-state index contributed by atoms with van der Waals surface area (Å²) in [4.78, 5) is 11.9. The van der Waals surface area contributed by atoms with Crippen LogP contribution < -0.4 is 15.8 Å². The van der Waals surface area contributed by atoms with Crippen molar-refractivity contribution in [3.05, 3.63) is 29.6 Å². The zero-order chi connectivity index (χ0) is 15.2. The van der Waals surface area contributed by atoms with E-state index in [0.717, 1.165) is 12.8 Å². The summed E-state index contributed by atoms with van der Waals surface area (Å²) in [5.74, 6) is -0.0339. The van der Waals surface area contributed by atoms with Crippen molar-refractivity contribution in [3.8, 4) is 5.75 Å². The summed E-state index contributed by atoms with van der Waals surface area (Å²) >= 11 is 0. The zero-order valence-corrected chi connectivity index (χ0v) is 12.4. The average Bonchev–Trinajstić information content (AvgIpc) is 2.47. The molecule has 116 valence electrons. The zero-order valence-electron chi connectivity index (χ0n) is 12.4. The van der Waals surface area contributed by atoms with Crippen LogP contribution in [0.4, 0.5) is 4.39 Å². The second-order valence-electron chi connectivity index (χ2n) is 5.66. The molecule has 0 unspecified atom stereocenters. The lowest BCUT2D eigenvalue weighted by atomic mass is 9.95. The van der Waals surface area contributed by atoms with Crippen molar-refractivity contribution < 1.29 is 13.9 Å². The molecular formula is C16H23FN2O2. The van der Waals surface area contributed by atoms with E-state index >= 15 is 0 Å². The quantitative estimate of drug-likeness (QED) is 0.877. The molecule has 1 aliphatic carbocycles. The fraction of sp³-hybridized carbons (Fsp3) is 0.562. The van der Waals surface area contributed by atoms with Crippen molar-refractivity contribution in [3.63, 3.8) is 0 Å². The fourth-order valence-electron chi connectivity index (χ4n) is 2.67. The number of halogens is 1. The summed E-state index contributed by atoms with van der Waals surface area (Å²) in [5, 5.41) is 2.98. The van der Waals surface area contributed by atoms with Crippen molar-refractivity contribution >= 4 is 5.91 Å². The highest BCUT2D eigenvalue weighted by atomic mass is 19.1. The molecular weight excluding hydrogens is 271 g/mol. The Balaban J connectivity index is 1.88. The van der Waals surface area contributed by atoms with E-state index in [-0.39, 0.29) is 30.4 Å². The van der Waals surface area contributed by atoms with Gasteiger partial charge in [0.05, 0.1) is 0 Å². The number of carbonyl (C=O) groups is 1. The molecule has 1 fully saturated rings. The summed E-state index contributed by atoms with van der Waals surface area (Å²) in [6.45, 7) is 1.69. The van der Waals surface area contributed by atoms with Crippen molar-refractivity contribution in [1.29, 1.82) is 0 Å². The third kappa shape index (κ3) is 4.70. The number of amides is 1. The smallest absolute Gasteiger partial charge is 0.258 e. The van der Waals surface area contributed by atoms with Crippen LogP contribution in [0.3, 0.4) is 0 Å². The molecule has 1 aromatic rings. The molecule has 0 heterocycles. The van der Waals surface area contributed by atoms with E-state index in [2.05, 4.69) is 5.32 Å². The Labute approximate surface area is 124 Å². The van der Waals surface area contributed by atoms with E-state index in [4.69, 9.17) is 10.5 Å². The number of rotatable bonds is 5. The molecule has 1 atom stereocenters. The van der Waals surface area contributed by atoms with Crippen LogP contribution in [-0.2, 0) is 4.79 Å². The van der Waals surface area contributed by atoms with Crippen molar-refractivity contribution in [1.82, 2.24) is 5.32 Å². The minimum absolute atomic E-state index is 0.0676. The SMILES string of the molecule is C[C@H](N)c1cc(F)ccc1OCC(=O)NC1CCCCC1. The molecule has 0 bridgehead atoms. The molecule has 0 radical (unpaired) electrons. The van der Waals surface area contributed by atoms with Gasteiger partial charge in [0.25, 0.3) is 5.91 Å². The van der Waals surface area contributed by atoms with Gasteiger partial charge in [-0.25, -0.2) is 4.39 Å². The molecule has 4 nitrogen and oxygen atoms in total. The molecule has 5 heteroatoms. The third-order valence-corrected chi connectivity index (χ3v) is 3.79. The van der Waals surface area contributed by atoms with E-state index in [1.807, 2.05) is 0 Å². The molecule has 0 aromatic heterocycles. The molecule has 1 aromatic carbocycles. The Kier molecular flexibility index (Phi) is 5.56. The minimum Gasteiger partial charge on any atom is -0.483 e. The van der Waals surface area contributed by atoms with Gasteiger partial charge in [0.1, 0.15) is 11.6 Å². The molecule has 1 saturated carbocycles. The molecule has 0 saturated heterocycles. The Morgan fingerprint density at radius 2 is 2.14 bits per heavy atom. The summed E-state index contributed by atoms with van der Waals surface area (Å²) in [7, 11) is 0. The van der Waals surface area contributed by atoms with E-state index in [0.29, 0.717) is 11.3 Å². The van der Waals surface area contributed by atoms with Crippen molar-refractivity contribution in [2.24, 2.45) is 5.73 Å². The van der Waals surface area contributed by atoms with Crippen LogP contribution in [0.5, 0.6) is 5.75 Å². The predicted octanol–water partition coefficient (Wildman–Crippen LogP) is 2.67. The summed E-state index contributed by atoms with van der Waals surface area (Å²) in [5.41, 5.74) is 6.36. The monoisotopic (exact) mass is 294 g/mol. The van der Waals surface area contributed by atoms with E-state index in [9.17, 15) is 9.18 Å². The highest BCUT2D eigenvalue weighted by Crippen LogP contribution is 2.24. The maximum absolute atomic E-state index is 13.2. The second kappa shape index (κ2) is 7.41. The van der Waals surface area contributed by atoms with Crippen LogP contribution in [0.25, 0.3) is 0 Å². The van der Waals surface area contributed by atoms with Gasteiger partial charge < -0.3 is 15.8 Å². The van der Waals surface area contributed by atoms with Gasteiger partial charge in [-0.3, -0.25) is 4.79 Å². The normalized spacial score (nSPS) is 17.3. The van der Waals surface area contributed by atoms with Crippen molar-refractivity contribution in [2.75, 3.05) is 6.61 Å². The van der Waals surface area contributed by atoms with E-state index in [1.165, 1.54) is 37.5 Å². The summed E-state index contributed by atoms with van der Waals surface area (Å²) in [6.07, 6.45) is 5.65. The van der Waals surface area contributed by atoms with Crippen LogP contribution in [0.15, 0.2) is 18.2 Å². The Morgan fingerprint density at radius 3 is 2.81 bits per heavy atom. The first-order chi connectivity index (χ1) is 10.1. The Bertz CT molecular complexity index is 485. The maximum Gasteiger partial charge on any atom is 0.258 e. The highest BCUT2D eigenvalue weighted by molar-refractivity contribution is 5.77. The molecule has 3 N–H and O–H groups in total. The van der Waals surface area contributed by atoms with Gasteiger partial charge in [-0.1, -0.05) is 19.3 Å². The lowest BCUT2D eigenvalue weighted by molar-refractivity contribution is -0.124. The highest BCUT2D eigenvalue weighted by Gasteiger charge is 2.16. The van der Waals surface area contributed by atoms with Gasteiger partial charge >= 0.3 is 0 Å². The maximum atomic E-state index is 13.2. The number of nitrogens with one attached hydrogen (secondary N) is 1. The molecule has 1 amide bonds. The van der Waals surface area contributed by atoms with Gasteiger partial charge in [-0.05, 0) is 38.0 Å². The van der Waals surface area contributed by atoms with Crippen LogP contribution in [0.2, 0.25) is 0 Å². The first-order valence-electron chi connectivity index (χ1n) is 7.53. The van der Waals surface area contributed by atoms with Crippen LogP contribution in [0.1, 0.15) is 50.6 Å². The molecule has 0 aliphatic heterocycles. The van der Waals surface area contributed by atoms with Gasteiger partial charge in [-0.15, -0.1) is 0 Å². The standard InChI is InChI=1S/C16H23FN2O2/c1-11(18)14-9-12(17)7-8-15(14)21-10-16(20)19-13-5-3-2-4-6-13/h7-9,11,13H,2-6,10,18H2,1H3,(H,19,20)/t11-/m0/s1. The van der Waals surface area contributed by atoms with Gasteiger partial charge in [0.15, 0.2) is 6.61 Å². The first kappa shape index (κ1) is 15.8. The van der Waals surface area contributed by atoms with E-state index in [1.54, 1.807) is 6.92 Å². The molecule has 2 rings (SSSR count). The topological polar surface area (TPSA) is 64.3 Å². The summed E-state index contributed by atoms with van der Waals surface area (Å²) in [6, 6.07) is 4.08. The van der Waals surface area contributed by atoms with E-state index < -0.39 is 0 Å².